The molecule has 3 heterocycles. The molecule has 1 N–H and O–H groups in total. The second-order valence-corrected chi connectivity index (χ2v) is 7.18. The first-order chi connectivity index (χ1) is 10.2. The Morgan fingerprint density at radius 3 is 3.00 bits per heavy atom. The van der Waals surface area contributed by atoms with Crippen LogP contribution in [0.4, 0.5) is 5.82 Å². The third kappa shape index (κ3) is 3.12. The number of fused-ring (bicyclic) bond motifs is 1. The Morgan fingerprint density at radius 1 is 1.43 bits per heavy atom. The Bertz CT molecular complexity index is 637. The van der Waals surface area contributed by atoms with E-state index in [-0.39, 0.29) is 0 Å². The lowest BCUT2D eigenvalue weighted by molar-refractivity contribution is 0.109. The van der Waals surface area contributed by atoms with E-state index in [2.05, 4.69) is 41.2 Å². The maximum absolute atomic E-state index is 5.56. The molecule has 0 unspecified atom stereocenters. The third-order valence-electron chi connectivity index (χ3n) is 3.44. The van der Waals surface area contributed by atoms with Crippen LogP contribution in [0.1, 0.15) is 29.5 Å². The van der Waals surface area contributed by atoms with Crippen molar-refractivity contribution in [2.24, 2.45) is 0 Å². The number of nitrogens with zero attached hydrogens (tertiary/aromatic N) is 2. The minimum Gasteiger partial charge on any atom is -0.376 e. The number of nitrogens with one attached hydrogen (secondary N) is 1. The van der Waals surface area contributed by atoms with Crippen LogP contribution in [0, 0.1) is 6.92 Å². The van der Waals surface area contributed by atoms with E-state index < -0.39 is 0 Å². The minimum atomic E-state index is 0.606. The van der Waals surface area contributed by atoms with Gasteiger partial charge in [-0.05, 0) is 35.3 Å². The molecule has 0 aliphatic carbocycles. The van der Waals surface area contributed by atoms with Crippen LogP contribution in [-0.2, 0) is 17.8 Å². The number of halogens is 1. The predicted octanol–water partition coefficient (Wildman–Crippen LogP) is 4.17. The van der Waals surface area contributed by atoms with E-state index in [0.29, 0.717) is 6.61 Å². The molecule has 0 spiro atoms. The first-order valence-electron chi connectivity index (χ1n) is 7.16. The number of thiophene rings is 1. The van der Waals surface area contributed by atoms with Gasteiger partial charge < -0.3 is 10.1 Å². The van der Waals surface area contributed by atoms with Crippen molar-refractivity contribution in [3.63, 3.8) is 0 Å². The number of ether oxygens (including phenoxy) is 1. The summed E-state index contributed by atoms with van der Waals surface area (Å²) in [4.78, 5) is 11.9. The molecule has 4 nitrogen and oxygen atoms in total. The summed E-state index contributed by atoms with van der Waals surface area (Å²) in [6, 6.07) is 2.10. The lowest BCUT2D eigenvalue weighted by atomic mass is 10.1. The molecule has 0 amide bonds. The van der Waals surface area contributed by atoms with Crippen molar-refractivity contribution < 1.29 is 4.74 Å². The van der Waals surface area contributed by atoms with Crippen LogP contribution >= 0.6 is 27.3 Å². The lowest BCUT2D eigenvalue weighted by Crippen LogP contribution is -2.17. The van der Waals surface area contributed by atoms with Crippen molar-refractivity contribution in [3.05, 3.63) is 26.7 Å². The van der Waals surface area contributed by atoms with Gasteiger partial charge in [0, 0.05) is 27.9 Å². The molecule has 2 aromatic heterocycles. The predicted molar refractivity (Wildman–Crippen MR) is 89.9 cm³/mol. The normalized spacial score (nSPS) is 14.0. The Morgan fingerprint density at radius 2 is 2.29 bits per heavy atom. The van der Waals surface area contributed by atoms with E-state index in [1.165, 1.54) is 4.88 Å². The topological polar surface area (TPSA) is 47.0 Å². The van der Waals surface area contributed by atoms with Crippen molar-refractivity contribution >= 4 is 33.1 Å². The molecular weight excluding hydrogens is 350 g/mol. The number of rotatable bonds is 4. The molecule has 1 aliphatic heterocycles. The van der Waals surface area contributed by atoms with Crippen LogP contribution in [0.2, 0.25) is 0 Å². The zero-order chi connectivity index (χ0) is 14.8. The smallest absolute Gasteiger partial charge is 0.171 e. The average molecular weight is 368 g/mol. The van der Waals surface area contributed by atoms with E-state index >= 15 is 0 Å². The fourth-order valence-corrected chi connectivity index (χ4v) is 3.77. The van der Waals surface area contributed by atoms with Crippen LogP contribution in [0.3, 0.4) is 0 Å². The summed E-state index contributed by atoms with van der Waals surface area (Å²) in [6.45, 7) is 6.51. The number of aryl methyl sites for hydroxylation is 1. The molecule has 0 saturated carbocycles. The summed E-state index contributed by atoms with van der Waals surface area (Å²) in [5.41, 5.74) is 2.23. The molecule has 2 aromatic rings. The molecule has 0 fully saturated rings. The fourth-order valence-electron chi connectivity index (χ4n) is 2.30. The Hall–Kier alpha value is -0.980. The summed E-state index contributed by atoms with van der Waals surface area (Å²) in [5.74, 6) is 1.74. The summed E-state index contributed by atoms with van der Waals surface area (Å²) in [7, 11) is 0. The largest absolute Gasteiger partial charge is 0.376 e. The highest BCUT2D eigenvalue weighted by Crippen LogP contribution is 2.34. The van der Waals surface area contributed by atoms with E-state index in [1.807, 2.05) is 0 Å². The standard InChI is InChI=1S/C15H18BrN3OS/c1-3-5-17-14-10-8-20-6-4-12(10)18-15(19-14)13-7-11(16)9(2)21-13/h7H,3-6,8H2,1-2H3,(H,17,18,19). The maximum atomic E-state index is 5.56. The number of anilines is 1. The van der Waals surface area contributed by atoms with Crippen molar-refractivity contribution in [1.82, 2.24) is 9.97 Å². The molecule has 0 radical (unpaired) electrons. The molecular formula is C15H18BrN3OS. The van der Waals surface area contributed by atoms with E-state index in [1.54, 1.807) is 11.3 Å². The highest BCUT2D eigenvalue weighted by molar-refractivity contribution is 9.10. The van der Waals surface area contributed by atoms with Crippen LogP contribution in [0.25, 0.3) is 10.7 Å². The number of hydrogen-bond donors (Lipinski definition) is 1. The first kappa shape index (κ1) is 14.9. The molecule has 112 valence electrons. The Kier molecular flexibility index (Phi) is 4.57. The minimum absolute atomic E-state index is 0.606. The maximum Gasteiger partial charge on any atom is 0.171 e. The van der Waals surface area contributed by atoms with Gasteiger partial charge in [0.15, 0.2) is 5.82 Å². The van der Waals surface area contributed by atoms with Gasteiger partial charge in [-0.25, -0.2) is 9.97 Å². The van der Waals surface area contributed by atoms with Crippen LogP contribution in [0.5, 0.6) is 0 Å². The summed E-state index contributed by atoms with van der Waals surface area (Å²) in [6.07, 6.45) is 1.93. The zero-order valence-electron chi connectivity index (χ0n) is 12.2. The molecule has 3 rings (SSSR count). The summed E-state index contributed by atoms with van der Waals surface area (Å²) >= 11 is 5.29. The molecule has 1 aliphatic rings. The van der Waals surface area contributed by atoms with E-state index in [9.17, 15) is 0 Å². The molecule has 21 heavy (non-hydrogen) atoms. The van der Waals surface area contributed by atoms with Crippen molar-refractivity contribution in [3.8, 4) is 10.7 Å². The van der Waals surface area contributed by atoms with Gasteiger partial charge in [0.1, 0.15) is 5.82 Å². The van der Waals surface area contributed by atoms with Crippen LogP contribution in [-0.4, -0.2) is 23.1 Å². The molecule has 0 atom stereocenters. The number of hydrogen-bond acceptors (Lipinski definition) is 5. The Labute approximate surface area is 137 Å². The van der Waals surface area contributed by atoms with Crippen LogP contribution < -0.4 is 5.32 Å². The van der Waals surface area contributed by atoms with Gasteiger partial charge in [-0.3, -0.25) is 0 Å². The quantitative estimate of drug-likeness (QED) is 0.880. The molecule has 0 saturated heterocycles. The molecule has 6 heteroatoms. The van der Waals surface area contributed by atoms with Crippen LogP contribution in [0.15, 0.2) is 10.5 Å². The highest BCUT2D eigenvalue weighted by atomic mass is 79.9. The van der Waals surface area contributed by atoms with E-state index in [0.717, 1.165) is 58.2 Å². The third-order valence-corrected chi connectivity index (χ3v) is 5.57. The van der Waals surface area contributed by atoms with Crippen molar-refractivity contribution in [2.75, 3.05) is 18.5 Å². The van der Waals surface area contributed by atoms with Gasteiger partial charge >= 0.3 is 0 Å². The van der Waals surface area contributed by atoms with Gasteiger partial charge in [-0.2, -0.15) is 0 Å². The number of aromatic nitrogens is 2. The summed E-state index contributed by atoms with van der Waals surface area (Å²) in [5, 5.41) is 3.42. The van der Waals surface area contributed by atoms with Crippen molar-refractivity contribution in [2.45, 2.75) is 33.3 Å². The van der Waals surface area contributed by atoms with E-state index in [4.69, 9.17) is 14.7 Å². The lowest BCUT2D eigenvalue weighted by Gasteiger charge is -2.19. The summed E-state index contributed by atoms with van der Waals surface area (Å²) < 4.78 is 6.68. The Balaban J connectivity index is 2.04. The van der Waals surface area contributed by atoms with Crippen molar-refractivity contribution in [1.29, 1.82) is 0 Å². The monoisotopic (exact) mass is 367 g/mol. The zero-order valence-corrected chi connectivity index (χ0v) is 14.6. The first-order valence-corrected chi connectivity index (χ1v) is 8.77. The van der Waals surface area contributed by atoms with Gasteiger partial charge in [-0.1, -0.05) is 6.92 Å². The van der Waals surface area contributed by atoms with Gasteiger partial charge in [-0.15, -0.1) is 11.3 Å². The average Bonchev–Trinajstić information content (AvgIpc) is 2.84. The van der Waals surface area contributed by atoms with Gasteiger partial charge in [0.05, 0.1) is 23.8 Å². The van der Waals surface area contributed by atoms with Gasteiger partial charge in [0.25, 0.3) is 0 Å². The SMILES string of the molecule is CCCNc1nc(-c2cc(Br)c(C)s2)nc2c1COCC2. The second-order valence-electron chi connectivity index (χ2n) is 5.07. The fraction of sp³-hybridized carbons (Fsp3) is 0.467. The van der Waals surface area contributed by atoms with Gasteiger partial charge in [0.2, 0.25) is 0 Å². The second kappa shape index (κ2) is 6.42. The molecule has 0 aromatic carbocycles. The molecule has 0 bridgehead atoms. The highest BCUT2D eigenvalue weighted by Gasteiger charge is 2.19.